The minimum Gasteiger partial charge on any atom is -0.356 e. The first-order valence-corrected chi connectivity index (χ1v) is 8.53. The van der Waals surface area contributed by atoms with E-state index in [1.165, 1.54) is 25.7 Å². The zero-order valence-corrected chi connectivity index (χ0v) is 17.5. The van der Waals surface area contributed by atoms with Crippen molar-refractivity contribution in [3.8, 4) is 0 Å². The molecule has 2 aliphatic carbocycles. The molecule has 134 valence electrons. The molecular weight excluding hydrogens is 403 g/mol. The molecule has 0 saturated heterocycles. The molecule has 2 rings (SSSR count). The number of carbonyl (C=O) groups is 1. The fourth-order valence-electron chi connectivity index (χ4n) is 3.11. The molecule has 0 bridgehead atoms. The van der Waals surface area contributed by atoms with Gasteiger partial charge in [-0.15, -0.1) is 24.0 Å². The van der Waals surface area contributed by atoms with Crippen molar-refractivity contribution in [2.24, 2.45) is 22.7 Å². The second-order valence-corrected chi connectivity index (χ2v) is 7.92. The van der Waals surface area contributed by atoms with E-state index in [-0.39, 0.29) is 35.4 Å². The minimum absolute atomic E-state index is 0. The van der Waals surface area contributed by atoms with Gasteiger partial charge in [-0.05, 0) is 64.2 Å². The lowest BCUT2D eigenvalue weighted by molar-refractivity contribution is -0.122. The molecule has 0 unspecified atom stereocenters. The number of aliphatic imine (C=N–C) groups is 1. The van der Waals surface area contributed by atoms with Crippen LogP contribution in [0.15, 0.2) is 4.99 Å². The van der Waals surface area contributed by atoms with Gasteiger partial charge in [0.15, 0.2) is 5.96 Å². The van der Waals surface area contributed by atoms with Crippen LogP contribution in [0.2, 0.25) is 0 Å². The van der Waals surface area contributed by atoms with Crippen molar-refractivity contribution in [3.63, 3.8) is 0 Å². The quantitative estimate of drug-likeness (QED) is 0.382. The van der Waals surface area contributed by atoms with Gasteiger partial charge in [0, 0.05) is 26.2 Å². The van der Waals surface area contributed by atoms with Crippen LogP contribution in [0.1, 0.15) is 46.5 Å². The number of rotatable bonds is 6. The number of hydrogen-bond acceptors (Lipinski definition) is 2. The molecule has 0 spiro atoms. The Hall–Kier alpha value is -0.530. The SMILES string of the molecule is CN=C(NCC(C1CC1)C1CC1)N(C)CC(=O)NC(C)(C)C.I. The molecular formula is C17H33IN4O. The van der Waals surface area contributed by atoms with Crippen molar-refractivity contribution in [1.29, 1.82) is 0 Å². The maximum atomic E-state index is 12.0. The Balaban J connectivity index is 0.00000264. The number of likely N-dealkylation sites (N-methyl/N-ethyl adjacent to an activating group) is 1. The molecule has 2 fully saturated rings. The van der Waals surface area contributed by atoms with Crippen LogP contribution in [-0.4, -0.2) is 49.5 Å². The van der Waals surface area contributed by atoms with E-state index in [2.05, 4.69) is 15.6 Å². The van der Waals surface area contributed by atoms with E-state index in [0.717, 1.165) is 30.3 Å². The van der Waals surface area contributed by atoms with Gasteiger partial charge in [-0.3, -0.25) is 9.79 Å². The summed E-state index contributed by atoms with van der Waals surface area (Å²) >= 11 is 0. The Morgan fingerprint density at radius 1 is 1.22 bits per heavy atom. The number of hydrogen-bond donors (Lipinski definition) is 2. The van der Waals surface area contributed by atoms with Gasteiger partial charge >= 0.3 is 0 Å². The van der Waals surface area contributed by atoms with E-state index in [1.807, 2.05) is 32.7 Å². The van der Waals surface area contributed by atoms with Crippen LogP contribution >= 0.6 is 24.0 Å². The summed E-state index contributed by atoms with van der Waals surface area (Å²) in [5, 5.41) is 6.46. The average molecular weight is 436 g/mol. The molecule has 0 aromatic heterocycles. The molecule has 0 heterocycles. The van der Waals surface area contributed by atoms with Gasteiger partial charge in [-0.2, -0.15) is 0 Å². The predicted octanol–water partition coefficient (Wildman–Crippen LogP) is 2.46. The van der Waals surface area contributed by atoms with E-state index >= 15 is 0 Å². The topological polar surface area (TPSA) is 56.7 Å². The lowest BCUT2D eigenvalue weighted by atomic mass is 9.98. The molecule has 23 heavy (non-hydrogen) atoms. The molecule has 0 aromatic rings. The molecule has 6 heteroatoms. The Morgan fingerprint density at radius 2 is 1.74 bits per heavy atom. The summed E-state index contributed by atoms with van der Waals surface area (Å²) < 4.78 is 0. The fraction of sp³-hybridized carbons (Fsp3) is 0.882. The highest BCUT2D eigenvalue weighted by Gasteiger charge is 2.41. The summed E-state index contributed by atoms with van der Waals surface area (Å²) in [6.45, 7) is 7.30. The highest BCUT2D eigenvalue weighted by atomic mass is 127. The third-order valence-corrected chi connectivity index (χ3v) is 4.42. The van der Waals surface area contributed by atoms with Gasteiger partial charge in [0.2, 0.25) is 5.91 Å². The average Bonchev–Trinajstić information content (AvgIpc) is 3.24. The third kappa shape index (κ3) is 7.27. The number of nitrogens with one attached hydrogen (secondary N) is 2. The van der Waals surface area contributed by atoms with Crippen LogP contribution in [-0.2, 0) is 4.79 Å². The molecule has 2 aliphatic rings. The predicted molar refractivity (Wildman–Crippen MR) is 106 cm³/mol. The van der Waals surface area contributed by atoms with Gasteiger partial charge in [0.25, 0.3) is 0 Å². The maximum absolute atomic E-state index is 12.0. The molecule has 2 N–H and O–H groups in total. The van der Waals surface area contributed by atoms with Gasteiger partial charge in [0.1, 0.15) is 0 Å². The van der Waals surface area contributed by atoms with Gasteiger partial charge < -0.3 is 15.5 Å². The van der Waals surface area contributed by atoms with Gasteiger partial charge in [0.05, 0.1) is 6.54 Å². The number of halogens is 1. The van der Waals surface area contributed by atoms with Crippen molar-refractivity contribution >= 4 is 35.8 Å². The van der Waals surface area contributed by atoms with Crippen molar-refractivity contribution in [1.82, 2.24) is 15.5 Å². The van der Waals surface area contributed by atoms with Crippen LogP contribution < -0.4 is 10.6 Å². The van der Waals surface area contributed by atoms with E-state index in [0.29, 0.717) is 6.54 Å². The van der Waals surface area contributed by atoms with Gasteiger partial charge in [-0.25, -0.2) is 0 Å². The van der Waals surface area contributed by atoms with Crippen LogP contribution in [0.25, 0.3) is 0 Å². The highest BCUT2D eigenvalue weighted by Crippen LogP contribution is 2.48. The summed E-state index contributed by atoms with van der Waals surface area (Å²) in [7, 11) is 3.70. The standard InChI is InChI=1S/C17H32N4O.HI/c1-17(2,3)20-15(22)11-21(5)16(18-4)19-10-14(12-6-7-12)13-8-9-13;/h12-14H,6-11H2,1-5H3,(H,18,19)(H,20,22);1H. The van der Waals surface area contributed by atoms with Crippen molar-refractivity contribution < 1.29 is 4.79 Å². The molecule has 0 atom stereocenters. The normalized spacial score (nSPS) is 18.4. The van der Waals surface area contributed by atoms with Crippen LogP contribution in [0.4, 0.5) is 0 Å². The first-order chi connectivity index (χ1) is 10.3. The van der Waals surface area contributed by atoms with Crippen LogP contribution in [0.3, 0.4) is 0 Å². The Kier molecular flexibility index (Phi) is 7.61. The van der Waals surface area contributed by atoms with E-state index in [1.54, 1.807) is 7.05 Å². The third-order valence-electron chi connectivity index (χ3n) is 4.42. The van der Waals surface area contributed by atoms with E-state index in [4.69, 9.17) is 0 Å². The summed E-state index contributed by atoms with van der Waals surface area (Å²) in [5.41, 5.74) is -0.197. The van der Waals surface area contributed by atoms with Crippen molar-refractivity contribution in [2.45, 2.75) is 52.0 Å². The second-order valence-electron chi connectivity index (χ2n) is 7.92. The monoisotopic (exact) mass is 436 g/mol. The zero-order chi connectivity index (χ0) is 16.3. The molecule has 0 aromatic carbocycles. The Labute approximate surface area is 158 Å². The molecule has 0 radical (unpaired) electrons. The first kappa shape index (κ1) is 20.5. The van der Waals surface area contributed by atoms with E-state index < -0.39 is 0 Å². The largest absolute Gasteiger partial charge is 0.356 e. The number of amides is 1. The Bertz CT molecular complexity index is 413. The fourth-order valence-corrected chi connectivity index (χ4v) is 3.11. The summed E-state index contributed by atoms with van der Waals surface area (Å²) in [5.74, 6) is 3.49. The lowest BCUT2D eigenvalue weighted by Crippen LogP contribution is -2.49. The highest BCUT2D eigenvalue weighted by molar-refractivity contribution is 14.0. The van der Waals surface area contributed by atoms with Crippen molar-refractivity contribution in [2.75, 3.05) is 27.2 Å². The molecule has 1 amide bonds. The number of nitrogens with zero attached hydrogens (tertiary/aromatic N) is 2. The number of carbonyl (C=O) groups excluding carboxylic acids is 1. The van der Waals surface area contributed by atoms with Crippen LogP contribution in [0.5, 0.6) is 0 Å². The van der Waals surface area contributed by atoms with Crippen molar-refractivity contribution in [3.05, 3.63) is 0 Å². The summed E-state index contributed by atoms with van der Waals surface area (Å²) in [6.07, 6.45) is 5.58. The summed E-state index contributed by atoms with van der Waals surface area (Å²) in [6, 6.07) is 0. The molecule has 5 nitrogen and oxygen atoms in total. The smallest absolute Gasteiger partial charge is 0.240 e. The second kappa shape index (κ2) is 8.53. The maximum Gasteiger partial charge on any atom is 0.240 e. The van der Waals surface area contributed by atoms with Gasteiger partial charge in [-0.1, -0.05) is 0 Å². The minimum atomic E-state index is -0.197. The molecule has 2 saturated carbocycles. The van der Waals surface area contributed by atoms with E-state index in [9.17, 15) is 4.79 Å². The first-order valence-electron chi connectivity index (χ1n) is 8.53. The number of guanidine groups is 1. The Morgan fingerprint density at radius 3 is 2.13 bits per heavy atom. The lowest BCUT2D eigenvalue weighted by Gasteiger charge is -2.26. The van der Waals surface area contributed by atoms with Crippen LogP contribution in [0, 0.1) is 17.8 Å². The summed E-state index contributed by atoms with van der Waals surface area (Å²) in [4.78, 5) is 18.2. The zero-order valence-electron chi connectivity index (χ0n) is 15.2. The molecule has 0 aliphatic heterocycles.